The zero-order valence-corrected chi connectivity index (χ0v) is 15.0. The number of nitrogens with two attached hydrogens (primary N) is 1. The molecule has 0 aliphatic carbocycles. The fraction of sp³-hybridized carbons (Fsp3) is 0.286. The first kappa shape index (κ1) is 15.9. The largest absolute Gasteiger partial charge is 0.383 e. The minimum atomic E-state index is 0.339. The number of hydrogen-bond donors (Lipinski definition) is 1. The van der Waals surface area contributed by atoms with Crippen LogP contribution in [0.2, 0.25) is 5.02 Å². The molecule has 0 unspecified atom stereocenters. The van der Waals surface area contributed by atoms with Gasteiger partial charge in [-0.15, -0.1) is 11.8 Å². The summed E-state index contributed by atoms with van der Waals surface area (Å²) in [5.74, 6) is 2.37. The van der Waals surface area contributed by atoms with Gasteiger partial charge in [0.25, 0.3) is 0 Å². The number of nitrogens with zero attached hydrogens (tertiary/aromatic N) is 2. The van der Waals surface area contributed by atoms with E-state index in [0.29, 0.717) is 17.5 Å². The molecule has 0 radical (unpaired) electrons. The number of thioether (sulfide) groups is 1. The predicted molar refractivity (Wildman–Crippen MR) is 94.3 cm³/mol. The van der Waals surface area contributed by atoms with E-state index in [1.54, 1.807) is 11.8 Å². The van der Waals surface area contributed by atoms with Crippen molar-refractivity contribution in [1.82, 2.24) is 9.97 Å². The maximum atomic E-state index is 5.96. The van der Waals surface area contributed by atoms with Crippen LogP contribution in [-0.2, 0) is 5.75 Å². The van der Waals surface area contributed by atoms with Gasteiger partial charge in [0.2, 0.25) is 0 Å². The molecular formula is C14H15ClIN3S. The van der Waals surface area contributed by atoms with E-state index in [9.17, 15) is 0 Å². The van der Waals surface area contributed by atoms with Gasteiger partial charge in [-0.2, -0.15) is 0 Å². The van der Waals surface area contributed by atoms with Gasteiger partial charge in [0.1, 0.15) is 11.6 Å². The van der Waals surface area contributed by atoms with Gasteiger partial charge in [0.05, 0.1) is 15.0 Å². The van der Waals surface area contributed by atoms with E-state index in [4.69, 9.17) is 17.3 Å². The third kappa shape index (κ3) is 3.99. The molecule has 1 aromatic heterocycles. The molecule has 6 heteroatoms. The van der Waals surface area contributed by atoms with E-state index in [2.05, 4.69) is 46.4 Å². The quantitative estimate of drug-likeness (QED) is 0.575. The Morgan fingerprint density at radius 3 is 2.50 bits per heavy atom. The predicted octanol–water partition coefficient (Wildman–Crippen LogP) is 4.73. The number of anilines is 1. The molecule has 0 bridgehead atoms. The van der Waals surface area contributed by atoms with E-state index >= 15 is 0 Å². The zero-order valence-electron chi connectivity index (χ0n) is 11.2. The van der Waals surface area contributed by atoms with Crippen LogP contribution in [0.3, 0.4) is 0 Å². The Labute approximate surface area is 141 Å². The molecular weight excluding hydrogens is 405 g/mol. The van der Waals surface area contributed by atoms with Crippen molar-refractivity contribution in [2.24, 2.45) is 0 Å². The van der Waals surface area contributed by atoms with Crippen LogP contribution in [0.15, 0.2) is 29.2 Å². The maximum absolute atomic E-state index is 5.96. The highest BCUT2D eigenvalue weighted by molar-refractivity contribution is 14.1. The molecule has 0 amide bonds. The molecule has 1 aromatic carbocycles. The summed E-state index contributed by atoms with van der Waals surface area (Å²) in [7, 11) is 0. The fourth-order valence-electron chi connectivity index (χ4n) is 1.66. The van der Waals surface area contributed by atoms with Crippen molar-refractivity contribution in [3.05, 3.63) is 44.4 Å². The van der Waals surface area contributed by atoms with E-state index in [0.717, 1.165) is 25.0 Å². The standard InChI is InChI=1S/C14H15ClIN3S/c1-8(2)13-12(16)14(17)19-11(18-13)7-20-10-5-3-9(15)4-6-10/h3-6,8H,7H2,1-2H3,(H2,17,18,19). The van der Waals surface area contributed by atoms with E-state index in [-0.39, 0.29) is 0 Å². The summed E-state index contributed by atoms with van der Waals surface area (Å²) >= 11 is 9.76. The molecule has 0 saturated heterocycles. The average molecular weight is 420 g/mol. The van der Waals surface area contributed by atoms with Gasteiger partial charge in [-0.3, -0.25) is 0 Å². The summed E-state index contributed by atoms with van der Waals surface area (Å²) in [5, 5.41) is 0.742. The topological polar surface area (TPSA) is 51.8 Å². The Hall–Kier alpha value is -0.530. The molecule has 106 valence electrons. The molecule has 0 atom stereocenters. The summed E-state index contributed by atoms with van der Waals surface area (Å²) in [6, 6.07) is 7.75. The van der Waals surface area contributed by atoms with Crippen LogP contribution in [0.25, 0.3) is 0 Å². The summed E-state index contributed by atoms with van der Waals surface area (Å²) in [6.45, 7) is 4.22. The van der Waals surface area contributed by atoms with Crippen LogP contribution in [-0.4, -0.2) is 9.97 Å². The molecule has 2 N–H and O–H groups in total. The van der Waals surface area contributed by atoms with Crippen molar-refractivity contribution >= 4 is 51.8 Å². The molecule has 0 saturated carbocycles. The van der Waals surface area contributed by atoms with Crippen LogP contribution < -0.4 is 5.73 Å². The lowest BCUT2D eigenvalue weighted by Crippen LogP contribution is -2.07. The van der Waals surface area contributed by atoms with E-state index in [1.165, 1.54) is 0 Å². The SMILES string of the molecule is CC(C)c1nc(CSc2ccc(Cl)cc2)nc(N)c1I. The first-order valence-corrected chi connectivity index (χ1v) is 8.61. The molecule has 0 fully saturated rings. The van der Waals surface area contributed by atoms with Gasteiger partial charge in [-0.1, -0.05) is 25.4 Å². The highest BCUT2D eigenvalue weighted by Gasteiger charge is 2.13. The molecule has 2 aromatic rings. The van der Waals surface area contributed by atoms with Crippen LogP contribution >= 0.6 is 46.0 Å². The summed E-state index contributed by atoms with van der Waals surface area (Å²) in [5.41, 5.74) is 6.98. The summed E-state index contributed by atoms with van der Waals surface area (Å²) in [6.07, 6.45) is 0. The molecule has 2 rings (SSSR count). The van der Waals surface area contributed by atoms with Gasteiger partial charge in [-0.25, -0.2) is 9.97 Å². The molecule has 0 spiro atoms. The molecule has 0 aliphatic heterocycles. The average Bonchev–Trinajstić information content (AvgIpc) is 2.41. The Kier molecular flexibility index (Phi) is 5.51. The van der Waals surface area contributed by atoms with Crippen molar-refractivity contribution < 1.29 is 0 Å². The summed E-state index contributed by atoms with van der Waals surface area (Å²) < 4.78 is 0.956. The van der Waals surface area contributed by atoms with Crippen molar-refractivity contribution in [2.45, 2.75) is 30.4 Å². The Morgan fingerprint density at radius 1 is 1.25 bits per heavy atom. The number of nitrogen functional groups attached to an aromatic ring is 1. The summed E-state index contributed by atoms with van der Waals surface area (Å²) in [4.78, 5) is 10.1. The normalized spacial score (nSPS) is 11.1. The van der Waals surface area contributed by atoms with Crippen molar-refractivity contribution in [2.75, 3.05) is 5.73 Å². The molecule has 0 aliphatic rings. The van der Waals surface area contributed by atoms with Crippen LogP contribution in [0, 0.1) is 3.57 Å². The lowest BCUT2D eigenvalue weighted by Gasteiger charge is -2.11. The second-order valence-electron chi connectivity index (χ2n) is 4.62. The van der Waals surface area contributed by atoms with Gasteiger partial charge in [0, 0.05) is 9.92 Å². The molecule has 3 nitrogen and oxygen atoms in total. The smallest absolute Gasteiger partial charge is 0.141 e. The Balaban J connectivity index is 2.15. The zero-order chi connectivity index (χ0) is 14.7. The number of hydrogen-bond acceptors (Lipinski definition) is 4. The van der Waals surface area contributed by atoms with Gasteiger partial charge < -0.3 is 5.73 Å². The van der Waals surface area contributed by atoms with Crippen molar-refractivity contribution in [1.29, 1.82) is 0 Å². The highest BCUT2D eigenvalue weighted by Crippen LogP contribution is 2.27. The van der Waals surface area contributed by atoms with Gasteiger partial charge in [0.15, 0.2) is 0 Å². The maximum Gasteiger partial charge on any atom is 0.141 e. The van der Waals surface area contributed by atoms with Gasteiger partial charge in [-0.05, 0) is 52.8 Å². The second kappa shape index (κ2) is 6.95. The number of benzene rings is 1. The van der Waals surface area contributed by atoms with E-state index < -0.39 is 0 Å². The number of aromatic nitrogens is 2. The van der Waals surface area contributed by atoms with Crippen LogP contribution in [0.1, 0.15) is 31.3 Å². The Bertz CT molecular complexity index is 602. The fourth-order valence-corrected chi connectivity index (χ4v) is 3.40. The third-order valence-electron chi connectivity index (χ3n) is 2.68. The number of rotatable bonds is 4. The number of halogens is 2. The Morgan fingerprint density at radius 2 is 1.90 bits per heavy atom. The minimum absolute atomic E-state index is 0.339. The molecule has 1 heterocycles. The highest BCUT2D eigenvalue weighted by atomic mass is 127. The van der Waals surface area contributed by atoms with Crippen molar-refractivity contribution in [3.8, 4) is 0 Å². The van der Waals surface area contributed by atoms with Gasteiger partial charge >= 0.3 is 0 Å². The first-order chi connectivity index (χ1) is 9.47. The second-order valence-corrected chi connectivity index (χ2v) is 7.19. The lowest BCUT2D eigenvalue weighted by atomic mass is 10.1. The first-order valence-electron chi connectivity index (χ1n) is 6.17. The molecule has 20 heavy (non-hydrogen) atoms. The van der Waals surface area contributed by atoms with Crippen molar-refractivity contribution in [3.63, 3.8) is 0 Å². The minimum Gasteiger partial charge on any atom is -0.383 e. The van der Waals surface area contributed by atoms with E-state index in [1.807, 2.05) is 24.3 Å². The lowest BCUT2D eigenvalue weighted by molar-refractivity contribution is 0.793. The van der Waals surface area contributed by atoms with Crippen LogP contribution in [0.4, 0.5) is 5.82 Å². The monoisotopic (exact) mass is 419 g/mol. The third-order valence-corrected chi connectivity index (χ3v) is 5.04. The van der Waals surface area contributed by atoms with Crippen LogP contribution in [0.5, 0.6) is 0 Å².